The van der Waals surface area contributed by atoms with E-state index >= 15 is 0 Å². The van der Waals surface area contributed by atoms with E-state index in [1.807, 2.05) is 0 Å². The van der Waals surface area contributed by atoms with Gasteiger partial charge >= 0.3 is 0 Å². The predicted molar refractivity (Wildman–Crippen MR) is 81.7 cm³/mol. The quantitative estimate of drug-likeness (QED) is 0.682. The van der Waals surface area contributed by atoms with Gasteiger partial charge in [0.25, 0.3) is 0 Å². The standard InChI is InChI=1S/C13H11Cl2NO3S/c1-18-9-3-6(8(16)5-10(9)19-2)12(17)7-4-11(14)20-13(7)15/h3-5H,16H2,1-2H3. The van der Waals surface area contributed by atoms with Crippen molar-refractivity contribution in [3.05, 3.63) is 38.0 Å². The number of hydrogen-bond donors (Lipinski definition) is 1. The van der Waals surface area contributed by atoms with E-state index in [1.54, 1.807) is 0 Å². The van der Waals surface area contributed by atoms with Gasteiger partial charge in [-0.15, -0.1) is 11.3 Å². The van der Waals surface area contributed by atoms with Crippen LogP contribution in [0.2, 0.25) is 8.67 Å². The Morgan fingerprint density at radius 2 is 1.70 bits per heavy atom. The summed E-state index contributed by atoms with van der Waals surface area (Å²) in [6.45, 7) is 0. The second-order valence-electron chi connectivity index (χ2n) is 3.86. The average molecular weight is 332 g/mol. The lowest BCUT2D eigenvalue weighted by Gasteiger charge is -2.11. The van der Waals surface area contributed by atoms with Gasteiger partial charge in [0, 0.05) is 17.3 Å². The number of methoxy groups -OCH3 is 2. The lowest BCUT2D eigenvalue weighted by molar-refractivity contribution is 0.104. The summed E-state index contributed by atoms with van der Waals surface area (Å²) in [4.78, 5) is 12.5. The van der Waals surface area contributed by atoms with Gasteiger partial charge in [0.2, 0.25) is 0 Å². The van der Waals surface area contributed by atoms with Crippen LogP contribution in [0.3, 0.4) is 0 Å². The maximum Gasteiger partial charge on any atom is 0.197 e. The van der Waals surface area contributed by atoms with Gasteiger partial charge in [-0.1, -0.05) is 23.2 Å². The highest BCUT2D eigenvalue weighted by atomic mass is 35.5. The monoisotopic (exact) mass is 331 g/mol. The molecule has 20 heavy (non-hydrogen) atoms. The van der Waals surface area contributed by atoms with Crippen LogP contribution in [0, 0.1) is 0 Å². The second-order valence-corrected chi connectivity index (χ2v) is 6.15. The van der Waals surface area contributed by atoms with Crippen molar-refractivity contribution in [2.75, 3.05) is 20.0 Å². The lowest BCUT2D eigenvalue weighted by atomic mass is 10.0. The minimum atomic E-state index is -0.309. The van der Waals surface area contributed by atoms with E-state index in [2.05, 4.69) is 0 Å². The van der Waals surface area contributed by atoms with Crippen molar-refractivity contribution in [2.24, 2.45) is 0 Å². The topological polar surface area (TPSA) is 61.5 Å². The molecule has 0 saturated carbocycles. The minimum absolute atomic E-state index is 0.283. The molecular formula is C13H11Cl2NO3S. The molecule has 1 aromatic carbocycles. The molecular weight excluding hydrogens is 321 g/mol. The van der Waals surface area contributed by atoms with Crippen LogP contribution in [0.15, 0.2) is 18.2 Å². The van der Waals surface area contributed by atoms with Gasteiger partial charge in [0.15, 0.2) is 17.3 Å². The fraction of sp³-hybridized carbons (Fsp3) is 0.154. The van der Waals surface area contributed by atoms with Crippen LogP contribution in [-0.2, 0) is 0 Å². The number of anilines is 1. The molecule has 0 atom stereocenters. The third kappa shape index (κ3) is 2.70. The highest BCUT2D eigenvalue weighted by Gasteiger charge is 2.20. The van der Waals surface area contributed by atoms with Crippen molar-refractivity contribution in [3.63, 3.8) is 0 Å². The van der Waals surface area contributed by atoms with Crippen molar-refractivity contribution in [2.45, 2.75) is 0 Å². The maximum absolute atomic E-state index is 12.5. The molecule has 2 aromatic rings. The van der Waals surface area contributed by atoms with Crippen LogP contribution in [-0.4, -0.2) is 20.0 Å². The highest BCUT2D eigenvalue weighted by Crippen LogP contribution is 2.36. The normalized spacial score (nSPS) is 10.4. The number of nitrogen functional groups attached to an aromatic ring is 1. The Labute approximate surface area is 130 Å². The number of benzene rings is 1. The van der Waals surface area contributed by atoms with Gasteiger partial charge < -0.3 is 15.2 Å². The number of hydrogen-bond acceptors (Lipinski definition) is 5. The summed E-state index contributed by atoms with van der Waals surface area (Å²) in [7, 11) is 2.98. The van der Waals surface area contributed by atoms with E-state index in [1.165, 1.54) is 32.4 Å². The van der Waals surface area contributed by atoms with E-state index in [4.69, 9.17) is 38.4 Å². The number of rotatable bonds is 4. The molecule has 2 N–H and O–H groups in total. The third-order valence-electron chi connectivity index (χ3n) is 2.70. The molecule has 0 spiro atoms. The molecule has 1 heterocycles. The molecule has 0 unspecified atom stereocenters. The van der Waals surface area contributed by atoms with Gasteiger partial charge in [-0.25, -0.2) is 0 Å². The number of ketones is 1. The molecule has 0 amide bonds. The first-order valence-electron chi connectivity index (χ1n) is 5.49. The van der Waals surface area contributed by atoms with E-state index in [9.17, 15) is 4.79 Å². The second kappa shape index (κ2) is 5.91. The molecule has 1 aromatic heterocycles. The SMILES string of the molecule is COc1cc(N)c(C(=O)c2cc(Cl)sc2Cl)cc1OC. The van der Waals surface area contributed by atoms with E-state index in [0.717, 1.165) is 11.3 Å². The maximum atomic E-state index is 12.5. The molecule has 0 aliphatic carbocycles. The van der Waals surface area contributed by atoms with Crippen molar-refractivity contribution in [3.8, 4) is 11.5 Å². The molecule has 2 rings (SSSR count). The molecule has 7 heteroatoms. The number of thiophene rings is 1. The Morgan fingerprint density at radius 3 is 2.20 bits per heavy atom. The largest absolute Gasteiger partial charge is 0.493 e. The molecule has 0 aliphatic rings. The first-order valence-corrected chi connectivity index (χ1v) is 7.06. The zero-order chi connectivity index (χ0) is 14.9. The molecule has 0 bridgehead atoms. The van der Waals surface area contributed by atoms with Gasteiger partial charge in [-0.3, -0.25) is 4.79 Å². The number of nitrogens with two attached hydrogens (primary N) is 1. The van der Waals surface area contributed by atoms with Crippen molar-refractivity contribution >= 4 is 46.0 Å². The van der Waals surface area contributed by atoms with Crippen LogP contribution >= 0.6 is 34.5 Å². The zero-order valence-corrected chi connectivity index (χ0v) is 13.0. The van der Waals surface area contributed by atoms with Gasteiger partial charge in [0.05, 0.1) is 24.1 Å². The average Bonchev–Trinajstić information content (AvgIpc) is 2.76. The van der Waals surface area contributed by atoms with Gasteiger partial charge in [-0.05, 0) is 12.1 Å². The smallest absolute Gasteiger partial charge is 0.197 e. The number of halogens is 2. The van der Waals surface area contributed by atoms with Crippen molar-refractivity contribution < 1.29 is 14.3 Å². The molecule has 0 aliphatic heterocycles. The Hall–Kier alpha value is -1.43. The van der Waals surface area contributed by atoms with E-state index < -0.39 is 0 Å². The van der Waals surface area contributed by atoms with Crippen LogP contribution in [0.5, 0.6) is 11.5 Å². The lowest BCUT2D eigenvalue weighted by Crippen LogP contribution is -2.06. The van der Waals surface area contributed by atoms with Crippen LogP contribution in [0.4, 0.5) is 5.69 Å². The first kappa shape index (κ1) is 15.0. The van der Waals surface area contributed by atoms with E-state index in [0.29, 0.717) is 31.3 Å². The van der Waals surface area contributed by atoms with Crippen LogP contribution < -0.4 is 15.2 Å². The number of carbonyl (C=O) groups excluding carboxylic acids is 1. The Morgan fingerprint density at radius 1 is 1.10 bits per heavy atom. The third-order valence-corrected chi connectivity index (χ3v) is 4.19. The Bertz CT molecular complexity index is 670. The summed E-state index contributed by atoms with van der Waals surface area (Å²) in [5.41, 5.74) is 6.78. The van der Waals surface area contributed by atoms with Gasteiger partial charge in [0.1, 0.15) is 4.34 Å². The van der Waals surface area contributed by atoms with Crippen LogP contribution in [0.25, 0.3) is 0 Å². The predicted octanol–water partition coefficient (Wildman–Crippen LogP) is 3.89. The summed E-state index contributed by atoms with van der Waals surface area (Å²) in [5.74, 6) is 0.565. The van der Waals surface area contributed by atoms with Gasteiger partial charge in [-0.2, -0.15) is 0 Å². The first-order chi connectivity index (χ1) is 9.47. The summed E-state index contributed by atoms with van der Waals surface area (Å²) >= 11 is 13.0. The summed E-state index contributed by atoms with van der Waals surface area (Å²) in [6, 6.07) is 4.58. The molecule has 0 radical (unpaired) electrons. The highest BCUT2D eigenvalue weighted by molar-refractivity contribution is 7.20. The Kier molecular flexibility index (Phi) is 4.42. The summed E-state index contributed by atoms with van der Waals surface area (Å²) in [5, 5.41) is 0. The number of ether oxygens (including phenoxy) is 2. The molecule has 4 nitrogen and oxygen atoms in total. The minimum Gasteiger partial charge on any atom is -0.493 e. The molecule has 0 fully saturated rings. The van der Waals surface area contributed by atoms with E-state index in [-0.39, 0.29) is 11.5 Å². The fourth-order valence-electron chi connectivity index (χ4n) is 1.73. The molecule has 0 saturated heterocycles. The fourth-order valence-corrected chi connectivity index (χ4v) is 3.19. The molecule has 106 valence electrons. The van der Waals surface area contributed by atoms with Crippen LogP contribution in [0.1, 0.15) is 15.9 Å². The van der Waals surface area contributed by atoms with Crippen molar-refractivity contribution in [1.29, 1.82) is 0 Å². The van der Waals surface area contributed by atoms with Crippen molar-refractivity contribution in [1.82, 2.24) is 0 Å². The summed E-state index contributed by atoms with van der Waals surface area (Å²) < 4.78 is 11.1. The number of carbonyl (C=O) groups is 1. The zero-order valence-electron chi connectivity index (χ0n) is 10.7. The summed E-state index contributed by atoms with van der Waals surface area (Å²) in [6.07, 6.45) is 0. The Balaban J connectivity index is 2.52.